The summed E-state index contributed by atoms with van der Waals surface area (Å²) < 4.78 is 58.8. The largest absolute Gasteiger partial charge is 0.508 e. The summed E-state index contributed by atoms with van der Waals surface area (Å²) in [7, 11) is 5.27. The summed E-state index contributed by atoms with van der Waals surface area (Å²) in [6.45, 7) is 5.69. The van der Waals surface area contributed by atoms with Gasteiger partial charge in [-0.3, -0.25) is 63.3 Å². The van der Waals surface area contributed by atoms with Crippen LogP contribution in [-0.2, 0) is 28.7 Å². The molecule has 142 heavy (non-hydrogen) atoms. The van der Waals surface area contributed by atoms with Gasteiger partial charge in [-0.05, 0) is 183 Å². The SMILES string of the molecule is BrB(Br)Br.CCC1NC(=O)c2cc3c(Cl)ccnc3cc2O1.CCC1NC(=O)c2cc3c(Oc4ccc(NC(=O)C5(C(=O)Nc6ccc(F)cc6)CC5)cc4)ccnc3cc2O1.CCC=O.CO.COC(=O)c1cc2c(Cl)ccnc2cc1OC.COc1cc2nccc(Cl)c2cc1C(N)=O.ClCCl.NC(=O)c1cc2c(Cl)ccnc2cc1O.O=C(Nc1ccc(O)cc1)C1(C(=O)Nc2ccc(F)cc2)CC1. The van der Waals surface area contributed by atoms with Crippen LogP contribution in [0.25, 0.3) is 54.5 Å². The number of fused-ring (bicyclic) bond motifs is 7. The van der Waals surface area contributed by atoms with Gasteiger partial charge < -0.3 is 91.9 Å². The van der Waals surface area contributed by atoms with Crippen molar-refractivity contribution >= 4 is 257 Å². The molecule has 0 radical (unpaired) electrons. The van der Waals surface area contributed by atoms with E-state index in [0.29, 0.717) is 188 Å². The highest BCUT2D eigenvalue weighted by Crippen LogP contribution is 2.49. The standard InChI is InChI=1S/C30H25FN4O5.C17H15FN2O3.C13H11ClN2O2.C12H10ClNO3.C11H9ClN2O2.C10H7ClN2O2.C3H6O.CH2Cl2.CH4O.BBr3/c1-2-26-35-27(36)22-15-21-23(16-25(22)40-26)32-14-11-24(21)39-20-9-7-19(8-10-20)34-29(38)30(12-13-30)28(37)33-18-5-3-17(31)4-6-18;18-11-1-3-12(4-2-11)19-15(22)17(9-10-17)16(23)20-13-5-7-14(21)8-6-13;1-2-12-16-13(17)8-5-7-9(14)3-4-15-10(7)6-11(8)18-12;1-16-11-6-10-7(9(13)3-4-14-10)5-8(11)12(15)17-2;1-16-10-5-9-6(4-7(10)11(13)15)8(12)2-3-14-9;11-7-1-2-13-8-4-9(14)6(10(12)15)3-5(7)8;1-2-3-4;2-1-3;1-2;2-1(3)4/h3-11,14-16,26H,2,12-13H2,1H3,(H,33,37)(H,34,38)(H,35,36);1-8,21H,9-10H2,(H,19,22)(H,20,23);3-6,12H,2H2,1H3,(H,16,17);3-6H,1-2H3;2-5H,1H3,(H2,13,15);1-4,14H,(H2,12,15);3H,2H2,1H3;1H2;2H,1H3;. The third-order valence-corrected chi connectivity index (χ3v) is 22.1. The Morgan fingerprint density at radius 3 is 1.13 bits per heavy atom. The molecular formula is C98H89BBr3Cl6F2N13O19. The van der Waals surface area contributed by atoms with Crippen molar-refractivity contribution in [3.05, 3.63) is 279 Å². The number of primary amides is 2. The number of esters is 1. The predicted octanol–water partition coefficient (Wildman–Crippen LogP) is 21.2. The average molecular weight is 2250 g/mol. The molecule has 0 bridgehead atoms. The molecule has 5 aromatic heterocycles. The van der Waals surface area contributed by atoms with Crippen LogP contribution in [0.1, 0.15) is 118 Å². The topological polar surface area (TPSA) is 475 Å². The number of alkyl halides is 2. The molecule has 2 atom stereocenters. The highest BCUT2D eigenvalue weighted by Gasteiger charge is 2.57. The predicted molar refractivity (Wildman–Crippen MR) is 555 cm³/mol. The number of anilines is 4. The first kappa shape index (κ1) is 112. The van der Waals surface area contributed by atoms with Crippen molar-refractivity contribution in [2.45, 2.75) is 78.2 Å². The van der Waals surface area contributed by atoms with E-state index in [1.54, 1.807) is 140 Å². The zero-order valence-electron chi connectivity index (χ0n) is 76.2. The first-order valence-corrected chi connectivity index (χ1v) is 47.7. The molecule has 2 aliphatic heterocycles. The number of methoxy groups -OCH3 is 3. The zero-order chi connectivity index (χ0) is 104. The number of phenolic OH excluding ortho intramolecular Hbond substituents is 1. The third kappa shape index (κ3) is 30.1. The number of aldehydes is 1. The van der Waals surface area contributed by atoms with Gasteiger partial charge in [0.05, 0.1) is 96.6 Å². The molecule has 0 saturated heterocycles. The van der Waals surface area contributed by atoms with Crippen LogP contribution in [0.4, 0.5) is 31.5 Å². The van der Waals surface area contributed by atoms with Gasteiger partial charge in [0.15, 0.2) is 12.5 Å². The molecule has 18 rings (SSSR count). The molecule has 8 amide bonds. The van der Waals surface area contributed by atoms with Crippen molar-refractivity contribution in [2.24, 2.45) is 22.3 Å². The molecule has 2 aliphatic carbocycles. The van der Waals surface area contributed by atoms with Crippen LogP contribution >= 0.6 is 117 Å². The van der Waals surface area contributed by atoms with E-state index in [2.05, 4.69) is 109 Å². The molecule has 13 N–H and O–H groups in total. The molecule has 740 valence electrons. The Hall–Kier alpha value is -13.4. The number of nitrogens with one attached hydrogen (secondary N) is 6. The molecule has 9 aromatic carbocycles. The lowest BCUT2D eigenvalue weighted by Crippen LogP contribution is -2.42. The van der Waals surface area contributed by atoms with Crippen LogP contribution in [0, 0.1) is 22.5 Å². The molecule has 0 spiro atoms. The number of nitrogens with two attached hydrogens (primary N) is 2. The second-order valence-corrected chi connectivity index (χ2v) is 38.9. The monoisotopic (exact) mass is 2250 g/mol. The molecular weight excluding hydrogens is 2160 g/mol. The number of aliphatic hydroxyl groups excluding tert-OH is 1. The maximum atomic E-state index is 13.2. The van der Waals surface area contributed by atoms with Crippen molar-refractivity contribution in [1.82, 2.24) is 35.6 Å². The molecule has 14 aromatic rings. The first-order valence-electron chi connectivity index (χ1n) is 42.4. The minimum absolute atomic E-state index is 0.0393. The van der Waals surface area contributed by atoms with Crippen LogP contribution in [0.15, 0.2) is 219 Å². The van der Waals surface area contributed by atoms with E-state index in [4.69, 9.17) is 110 Å². The van der Waals surface area contributed by atoms with Gasteiger partial charge in [-0.15, -0.1) is 70.5 Å². The summed E-state index contributed by atoms with van der Waals surface area (Å²) in [4.78, 5) is 139. The van der Waals surface area contributed by atoms with Crippen LogP contribution in [0.3, 0.4) is 0 Å². The van der Waals surface area contributed by atoms with Crippen LogP contribution in [0.2, 0.25) is 20.1 Å². The van der Waals surface area contributed by atoms with E-state index in [1.165, 1.54) is 100 Å². The van der Waals surface area contributed by atoms with Gasteiger partial charge in [0, 0.05) is 137 Å². The van der Waals surface area contributed by atoms with Crippen LogP contribution < -0.4 is 67.1 Å². The van der Waals surface area contributed by atoms with E-state index in [1.807, 2.05) is 20.8 Å². The summed E-state index contributed by atoms with van der Waals surface area (Å²) in [6.07, 6.45) is 11.9. The Morgan fingerprint density at radius 1 is 0.472 bits per heavy atom. The fourth-order valence-electron chi connectivity index (χ4n) is 13.2. The van der Waals surface area contributed by atoms with Gasteiger partial charge in [-0.25, -0.2) is 13.6 Å². The molecule has 44 heteroatoms. The smallest absolute Gasteiger partial charge is 0.369 e. The number of ether oxygens (including phenoxy) is 6. The van der Waals surface area contributed by atoms with Gasteiger partial charge in [-0.1, -0.05) is 67.2 Å². The molecule has 2 saturated carbocycles. The van der Waals surface area contributed by atoms with E-state index < -0.39 is 58.0 Å². The molecule has 2 unspecified atom stereocenters. The lowest BCUT2D eigenvalue weighted by molar-refractivity contribution is -0.132. The molecule has 4 aliphatic rings. The van der Waals surface area contributed by atoms with Crippen LogP contribution in [-0.4, -0.2) is 149 Å². The Kier molecular flexibility index (Phi) is 42.2. The number of benzene rings is 9. The molecule has 2 fully saturated rings. The van der Waals surface area contributed by atoms with E-state index in [9.17, 15) is 66.9 Å². The van der Waals surface area contributed by atoms with Gasteiger partial charge in [-0.2, -0.15) is 0 Å². The number of halogens is 11. The zero-order valence-corrected chi connectivity index (χ0v) is 85.5. The maximum Gasteiger partial charge on any atom is 0.369 e. The number of aromatic hydroxyl groups is 2. The number of hydrogen-bond donors (Lipinski definition) is 11. The maximum absolute atomic E-state index is 13.2. The Balaban J connectivity index is 0.000000192. The fourth-order valence-corrected chi connectivity index (χ4v) is 14.1. The number of hydrogen-bond acceptors (Lipinski definition) is 24. The van der Waals surface area contributed by atoms with Crippen LogP contribution in [0.5, 0.6) is 46.0 Å². The second kappa shape index (κ2) is 53.5. The lowest BCUT2D eigenvalue weighted by atomic mass is 10.0. The van der Waals surface area contributed by atoms with Gasteiger partial charge in [0.2, 0.25) is 23.6 Å². The van der Waals surface area contributed by atoms with E-state index >= 15 is 0 Å². The van der Waals surface area contributed by atoms with Gasteiger partial charge in [0.1, 0.15) is 80.3 Å². The number of rotatable bonds is 18. The van der Waals surface area contributed by atoms with Gasteiger partial charge in [0.25, 0.3) is 23.6 Å². The Morgan fingerprint density at radius 2 is 0.782 bits per heavy atom. The van der Waals surface area contributed by atoms with E-state index in [-0.39, 0.29) is 55.8 Å². The molecule has 32 nitrogen and oxygen atoms in total. The summed E-state index contributed by atoms with van der Waals surface area (Å²) >= 11 is 42.9. The van der Waals surface area contributed by atoms with Crippen molar-refractivity contribution < 1.29 is 100 Å². The summed E-state index contributed by atoms with van der Waals surface area (Å²) in [5, 5.41) is 47.8. The number of aromatic nitrogens is 5. The third-order valence-electron chi connectivity index (χ3n) is 20.8. The number of pyridine rings is 5. The summed E-state index contributed by atoms with van der Waals surface area (Å²) in [6, 6.07) is 48.1. The number of aliphatic hydroxyl groups is 1. The molecule has 7 heterocycles. The fraction of sp³-hybridized carbons (Fsp3) is 0.194. The number of carbonyl (C=O) groups excluding carboxylic acids is 10. The van der Waals surface area contributed by atoms with Crippen molar-refractivity contribution in [2.75, 3.05) is 55.0 Å². The minimum Gasteiger partial charge on any atom is -0.508 e. The highest BCUT2D eigenvalue weighted by molar-refractivity contribution is 9.69. The first-order chi connectivity index (χ1) is 68.0. The number of nitrogens with zero attached hydrogens (tertiary/aromatic N) is 5. The average Bonchev–Trinajstić information content (AvgIpc) is 1.56. The number of amides is 8. The number of carbonyl (C=O) groups is 10. The lowest BCUT2D eigenvalue weighted by Gasteiger charge is -2.26. The normalized spacial score (nSPS) is 13.5. The highest BCUT2D eigenvalue weighted by atomic mass is 79.9. The van der Waals surface area contributed by atoms with Crippen molar-refractivity contribution in [3.8, 4) is 46.0 Å². The van der Waals surface area contributed by atoms with Crippen molar-refractivity contribution in [1.29, 1.82) is 0 Å². The van der Waals surface area contributed by atoms with E-state index in [0.717, 1.165) is 24.3 Å². The Labute approximate surface area is 866 Å². The van der Waals surface area contributed by atoms with Crippen molar-refractivity contribution in [3.63, 3.8) is 0 Å². The number of phenols is 2. The Bertz CT molecular complexity index is 6860. The summed E-state index contributed by atoms with van der Waals surface area (Å²) in [5.41, 5.74) is 14.7. The minimum atomic E-state index is -1.16. The van der Waals surface area contributed by atoms with Gasteiger partial charge >= 0.3 is 9.15 Å². The summed E-state index contributed by atoms with van der Waals surface area (Å²) in [5.74, 6) is -1.73. The second-order valence-electron chi connectivity index (χ2n) is 30.0. The quantitative estimate of drug-likeness (QED) is 0.00949.